The summed E-state index contributed by atoms with van der Waals surface area (Å²) in [5.74, 6) is 0.947. The molecule has 0 amide bonds. The molecular weight excluding hydrogens is 234 g/mol. The van der Waals surface area contributed by atoms with E-state index in [1.54, 1.807) is 0 Å². The lowest BCUT2D eigenvalue weighted by molar-refractivity contribution is 0.0964. The third-order valence-corrected chi connectivity index (χ3v) is 4.36. The molecule has 2 rings (SSSR count). The summed E-state index contributed by atoms with van der Waals surface area (Å²) in [5, 5.41) is 0. The molecule has 1 aromatic rings. The maximum absolute atomic E-state index is 12.4. The van der Waals surface area contributed by atoms with E-state index in [1.165, 1.54) is 24.8 Å². The van der Waals surface area contributed by atoms with E-state index in [4.69, 9.17) is 0 Å². The van der Waals surface area contributed by atoms with Gasteiger partial charge in [0.05, 0.1) is 0 Å². The Hall–Kier alpha value is -1.15. The van der Waals surface area contributed by atoms with Crippen molar-refractivity contribution < 1.29 is 4.79 Å². The standard InChI is InChI=1S/C17H25NO/c1-3-18(4-2)13-12-17(19)16-11-6-5-10-15(16)14-8-7-9-14/h5-6,10-11,14H,3-4,7-9,12-13H2,1-2H3. The first kappa shape index (κ1) is 14.3. The van der Waals surface area contributed by atoms with Crippen molar-refractivity contribution in [3.63, 3.8) is 0 Å². The number of hydrogen-bond acceptors (Lipinski definition) is 2. The topological polar surface area (TPSA) is 20.3 Å². The SMILES string of the molecule is CCN(CC)CCC(=O)c1ccccc1C1CCC1. The highest BCUT2D eigenvalue weighted by atomic mass is 16.1. The third kappa shape index (κ3) is 3.44. The van der Waals surface area contributed by atoms with Crippen LogP contribution in [-0.2, 0) is 0 Å². The van der Waals surface area contributed by atoms with Crippen LogP contribution in [0.3, 0.4) is 0 Å². The average molecular weight is 259 g/mol. The lowest BCUT2D eigenvalue weighted by atomic mass is 9.77. The van der Waals surface area contributed by atoms with Gasteiger partial charge in [0, 0.05) is 18.5 Å². The Labute approximate surface area is 116 Å². The molecule has 0 atom stereocenters. The number of ketones is 1. The van der Waals surface area contributed by atoms with Crippen LogP contribution in [-0.4, -0.2) is 30.3 Å². The molecule has 0 radical (unpaired) electrons. The molecule has 2 heteroatoms. The zero-order valence-electron chi connectivity index (χ0n) is 12.2. The Morgan fingerprint density at radius 3 is 2.47 bits per heavy atom. The van der Waals surface area contributed by atoms with Crippen LogP contribution >= 0.6 is 0 Å². The second-order valence-corrected chi connectivity index (χ2v) is 5.42. The fourth-order valence-electron chi connectivity index (χ4n) is 2.76. The van der Waals surface area contributed by atoms with Crippen LogP contribution in [0.2, 0.25) is 0 Å². The van der Waals surface area contributed by atoms with Gasteiger partial charge in [0.15, 0.2) is 5.78 Å². The number of nitrogens with zero attached hydrogens (tertiary/aromatic N) is 1. The first-order chi connectivity index (χ1) is 9.26. The summed E-state index contributed by atoms with van der Waals surface area (Å²) in [7, 11) is 0. The molecule has 0 saturated heterocycles. The molecule has 0 heterocycles. The van der Waals surface area contributed by atoms with Gasteiger partial charge in [-0.1, -0.05) is 44.5 Å². The van der Waals surface area contributed by atoms with Gasteiger partial charge >= 0.3 is 0 Å². The fourth-order valence-corrected chi connectivity index (χ4v) is 2.76. The number of rotatable bonds is 7. The minimum Gasteiger partial charge on any atom is -0.303 e. The highest BCUT2D eigenvalue weighted by Gasteiger charge is 2.23. The summed E-state index contributed by atoms with van der Waals surface area (Å²) in [6.45, 7) is 7.22. The van der Waals surface area contributed by atoms with Crippen molar-refractivity contribution in [1.29, 1.82) is 0 Å². The van der Waals surface area contributed by atoms with Gasteiger partial charge in [-0.3, -0.25) is 4.79 Å². The van der Waals surface area contributed by atoms with Gasteiger partial charge in [-0.15, -0.1) is 0 Å². The summed E-state index contributed by atoms with van der Waals surface area (Å²) < 4.78 is 0. The van der Waals surface area contributed by atoms with E-state index in [2.05, 4.69) is 30.9 Å². The summed E-state index contributed by atoms with van der Waals surface area (Å²) in [6, 6.07) is 8.22. The number of Topliss-reactive ketones (excluding diaryl/α,β-unsaturated/α-hetero) is 1. The molecule has 0 aliphatic heterocycles. The highest BCUT2D eigenvalue weighted by Crippen LogP contribution is 2.38. The Morgan fingerprint density at radius 1 is 1.21 bits per heavy atom. The second kappa shape index (κ2) is 6.85. The number of carbonyl (C=O) groups excluding carboxylic acids is 1. The van der Waals surface area contributed by atoms with Crippen molar-refractivity contribution in [3.8, 4) is 0 Å². The van der Waals surface area contributed by atoms with Gasteiger partial charge in [-0.05, 0) is 37.4 Å². The van der Waals surface area contributed by atoms with Crippen LogP contribution in [0.4, 0.5) is 0 Å². The molecule has 1 saturated carbocycles. The van der Waals surface area contributed by atoms with Gasteiger partial charge in [0.25, 0.3) is 0 Å². The molecule has 0 unspecified atom stereocenters. The number of hydrogen-bond donors (Lipinski definition) is 0. The minimum absolute atomic E-state index is 0.314. The molecule has 0 N–H and O–H groups in total. The maximum Gasteiger partial charge on any atom is 0.164 e. The van der Waals surface area contributed by atoms with Gasteiger partial charge in [-0.2, -0.15) is 0 Å². The molecule has 0 aromatic heterocycles. The Balaban J connectivity index is 2.02. The quantitative estimate of drug-likeness (QED) is 0.693. The van der Waals surface area contributed by atoms with Crippen molar-refractivity contribution in [2.24, 2.45) is 0 Å². The van der Waals surface area contributed by atoms with Gasteiger partial charge in [0.1, 0.15) is 0 Å². The van der Waals surface area contributed by atoms with Crippen molar-refractivity contribution in [2.75, 3.05) is 19.6 Å². The Morgan fingerprint density at radius 2 is 1.89 bits per heavy atom. The molecule has 1 aliphatic rings. The average Bonchev–Trinajstić information content (AvgIpc) is 2.38. The lowest BCUT2D eigenvalue weighted by Gasteiger charge is -2.27. The van der Waals surface area contributed by atoms with Crippen molar-refractivity contribution >= 4 is 5.78 Å². The van der Waals surface area contributed by atoms with Crippen LogP contribution in [0.5, 0.6) is 0 Å². The molecule has 1 aromatic carbocycles. The van der Waals surface area contributed by atoms with E-state index in [0.29, 0.717) is 18.1 Å². The number of carbonyl (C=O) groups is 1. The van der Waals surface area contributed by atoms with Crippen LogP contribution in [0.1, 0.15) is 61.4 Å². The second-order valence-electron chi connectivity index (χ2n) is 5.42. The highest BCUT2D eigenvalue weighted by molar-refractivity contribution is 5.97. The summed E-state index contributed by atoms with van der Waals surface area (Å²) >= 11 is 0. The van der Waals surface area contributed by atoms with Crippen LogP contribution in [0, 0.1) is 0 Å². The minimum atomic E-state index is 0.314. The van der Waals surface area contributed by atoms with Crippen molar-refractivity contribution in [3.05, 3.63) is 35.4 Å². The molecule has 0 spiro atoms. The smallest absolute Gasteiger partial charge is 0.164 e. The molecule has 2 nitrogen and oxygen atoms in total. The summed E-state index contributed by atoms with van der Waals surface area (Å²) in [4.78, 5) is 14.7. The maximum atomic E-state index is 12.4. The van der Waals surface area contributed by atoms with Crippen LogP contribution in [0.15, 0.2) is 24.3 Å². The van der Waals surface area contributed by atoms with E-state index in [0.717, 1.165) is 25.2 Å². The fraction of sp³-hybridized carbons (Fsp3) is 0.588. The van der Waals surface area contributed by atoms with Crippen molar-refractivity contribution in [1.82, 2.24) is 4.90 Å². The predicted molar refractivity (Wildman–Crippen MR) is 79.8 cm³/mol. The van der Waals surface area contributed by atoms with E-state index < -0.39 is 0 Å². The van der Waals surface area contributed by atoms with Gasteiger partial charge in [-0.25, -0.2) is 0 Å². The zero-order chi connectivity index (χ0) is 13.7. The van der Waals surface area contributed by atoms with E-state index >= 15 is 0 Å². The largest absolute Gasteiger partial charge is 0.303 e. The summed E-state index contributed by atoms with van der Waals surface area (Å²) in [6.07, 6.45) is 4.46. The van der Waals surface area contributed by atoms with Gasteiger partial charge < -0.3 is 4.90 Å². The molecular formula is C17H25NO. The molecule has 1 aliphatic carbocycles. The predicted octanol–water partition coefficient (Wildman–Crippen LogP) is 3.87. The Kier molecular flexibility index (Phi) is 5.15. The summed E-state index contributed by atoms with van der Waals surface area (Å²) in [5.41, 5.74) is 2.26. The molecule has 104 valence electrons. The van der Waals surface area contributed by atoms with E-state index in [-0.39, 0.29) is 0 Å². The van der Waals surface area contributed by atoms with Crippen molar-refractivity contribution in [2.45, 2.75) is 45.4 Å². The lowest BCUT2D eigenvalue weighted by Crippen LogP contribution is -2.26. The number of benzene rings is 1. The zero-order valence-corrected chi connectivity index (χ0v) is 12.2. The van der Waals surface area contributed by atoms with Gasteiger partial charge in [0.2, 0.25) is 0 Å². The first-order valence-electron chi connectivity index (χ1n) is 7.60. The van der Waals surface area contributed by atoms with Crippen LogP contribution < -0.4 is 0 Å². The first-order valence-corrected chi connectivity index (χ1v) is 7.60. The molecule has 1 fully saturated rings. The monoisotopic (exact) mass is 259 g/mol. The molecule has 19 heavy (non-hydrogen) atoms. The van der Waals surface area contributed by atoms with E-state index in [1.807, 2.05) is 12.1 Å². The molecule has 0 bridgehead atoms. The normalized spacial score (nSPS) is 15.5. The van der Waals surface area contributed by atoms with Crippen LogP contribution in [0.25, 0.3) is 0 Å². The Bertz CT molecular complexity index is 419. The third-order valence-electron chi connectivity index (χ3n) is 4.36. The van der Waals surface area contributed by atoms with E-state index in [9.17, 15) is 4.79 Å².